The Labute approximate surface area is 163 Å². The van der Waals surface area contributed by atoms with Gasteiger partial charge in [0.25, 0.3) is 5.91 Å². The first-order valence-corrected chi connectivity index (χ1v) is 9.26. The first-order chi connectivity index (χ1) is 12.3. The molecule has 0 spiro atoms. The molecule has 1 heterocycles. The summed E-state index contributed by atoms with van der Waals surface area (Å²) in [6, 6.07) is 7.62. The topological polar surface area (TPSA) is 49.3 Å². The van der Waals surface area contributed by atoms with Crippen molar-refractivity contribution in [3.05, 3.63) is 58.1 Å². The Balaban J connectivity index is 2.19. The highest BCUT2D eigenvalue weighted by Crippen LogP contribution is 2.48. The minimum absolute atomic E-state index is 0.0657. The van der Waals surface area contributed by atoms with Crippen LogP contribution in [0.2, 0.25) is 5.02 Å². The molecule has 144 valence electrons. The number of anilines is 1. The van der Waals surface area contributed by atoms with Gasteiger partial charge in [0.15, 0.2) is 5.60 Å². The Hall–Kier alpha value is -1.70. The van der Waals surface area contributed by atoms with Gasteiger partial charge in [-0.15, -0.1) is 11.8 Å². The van der Waals surface area contributed by atoms with E-state index in [1.807, 2.05) is 20.8 Å². The zero-order valence-electron chi connectivity index (χ0n) is 14.7. The molecule has 27 heavy (non-hydrogen) atoms. The minimum atomic E-state index is -4.55. The highest BCUT2D eigenvalue weighted by molar-refractivity contribution is 8.00. The fourth-order valence-electron chi connectivity index (χ4n) is 2.95. The number of fused-ring (bicyclic) bond motifs is 1. The third-order valence-corrected chi connectivity index (χ3v) is 5.48. The number of hydrogen-bond donors (Lipinski definition) is 2. The first kappa shape index (κ1) is 20.0. The molecule has 0 saturated carbocycles. The van der Waals surface area contributed by atoms with Crippen molar-refractivity contribution < 1.29 is 23.1 Å². The van der Waals surface area contributed by atoms with E-state index in [1.54, 1.807) is 12.1 Å². The number of halogens is 4. The Morgan fingerprint density at radius 3 is 2.33 bits per heavy atom. The van der Waals surface area contributed by atoms with Gasteiger partial charge in [0, 0.05) is 31.5 Å². The van der Waals surface area contributed by atoms with Crippen LogP contribution < -0.4 is 5.32 Å². The van der Waals surface area contributed by atoms with Gasteiger partial charge in [-0.2, -0.15) is 13.2 Å². The molecule has 0 aliphatic carbocycles. The van der Waals surface area contributed by atoms with E-state index in [-0.39, 0.29) is 21.6 Å². The number of amides is 1. The maximum Gasteiger partial charge on any atom is 0.416 e. The number of thioether (sulfide) groups is 1. The molecule has 2 aromatic carbocycles. The van der Waals surface area contributed by atoms with Crippen LogP contribution in [-0.2, 0) is 16.6 Å². The van der Waals surface area contributed by atoms with E-state index in [0.717, 1.165) is 18.2 Å². The summed E-state index contributed by atoms with van der Waals surface area (Å²) in [5.74, 6) is -0.810. The largest absolute Gasteiger partial charge is 0.416 e. The lowest BCUT2D eigenvalue weighted by Gasteiger charge is -2.27. The van der Waals surface area contributed by atoms with Crippen LogP contribution in [-0.4, -0.2) is 15.8 Å². The molecule has 0 bridgehead atoms. The number of rotatable bonds is 2. The van der Waals surface area contributed by atoms with E-state index < -0.39 is 23.2 Å². The average molecular weight is 416 g/mol. The lowest BCUT2D eigenvalue weighted by Crippen LogP contribution is -2.36. The number of alkyl halides is 3. The van der Waals surface area contributed by atoms with Gasteiger partial charge in [0.05, 0.1) is 5.56 Å². The highest BCUT2D eigenvalue weighted by Gasteiger charge is 2.49. The van der Waals surface area contributed by atoms with Crippen LogP contribution >= 0.6 is 23.4 Å². The molecule has 3 nitrogen and oxygen atoms in total. The van der Waals surface area contributed by atoms with Gasteiger partial charge in [-0.05, 0) is 30.3 Å². The molecule has 0 radical (unpaired) electrons. The molecule has 0 fully saturated rings. The maximum absolute atomic E-state index is 13.0. The summed E-state index contributed by atoms with van der Waals surface area (Å²) < 4.78 is 38.7. The lowest BCUT2D eigenvalue weighted by atomic mass is 9.87. The van der Waals surface area contributed by atoms with Crippen molar-refractivity contribution in [2.24, 2.45) is 0 Å². The normalized spacial score (nSPS) is 19.8. The standard InChI is InChI=1S/C19H17ClF3NO2S/c1-17(2,3)27-15-7-5-11(20)9-13(15)18(26)12-6-4-10(19(21,22)23)8-14(12)24-16(18)25/h4-9,26H,1-3H3,(H,24,25). The van der Waals surface area contributed by atoms with Crippen molar-refractivity contribution in [1.82, 2.24) is 0 Å². The molecule has 0 aromatic heterocycles. The summed E-state index contributed by atoms with van der Waals surface area (Å²) in [6.07, 6.45) is -4.55. The van der Waals surface area contributed by atoms with Crippen molar-refractivity contribution in [1.29, 1.82) is 0 Å². The van der Waals surface area contributed by atoms with Crippen molar-refractivity contribution in [3.8, 4) is 0 Å². The molecule has 3 rings (SSSR count). The maximum atomic E-state index is 13.0. The van der Waals surface area contributed by atoms with E-state index in [0.29, 0.717) is 9.92 Å². The lowest BCUT2D eigenvalue weighted by molar-refractivity contribution is -0.137. The Morgan fingerprint density at radius 1 is 1.07 bits per heavy atom. The molecule has 1 unspecified atom stereocenters. The van der Waals surface area contributed by atoms with Gasteiger partial charge < -0.3 is 10.4 Å². The summed E-state index contributed by atoms with van der Waals surface area (Å²) in [6.45, 7) is 5.91. The van der Waals surface area contributed by atoms with Crippen LogP contribution in [0, 0.1) is 0 Å². The fraction of sp³-hybridized carbons (Fsp3) is 0.316. The second kappa shape index (κ2) is 6.43. The van der Waals surface area contributed by atoms with Crippen molar-refractivity contribution >= 4 is 35.0 Å². The van der Waals surface area contributed by atoms with Gasteiger partial charge in [-0.1, -0.05) is 38.4 Å². The van der Waals surface area contributed by atoms with Crippen molar-refractivity contribution in [3.63, 3.8) is 0 Å². The molecule has 0 saturated heterocycles. The van der Waals surface area contributed by atoms with Gasteiger partial charge in [-0.25, -0.2) is 0 Å². The van der Waals surface area contributed by atoms with Crippen LogP contribution in [0.1, 0.15) is 37.5 Å². The average Bonchev–Trinajstić information content (AvgIpc) is 2.78. The predicted molar refractivity (Wildman–Crippen MR) is 100 cm³/mol. The Bertz CT molecular complexity index is 924. The summed E-state index contributed by atoms with van der Waals surface area (Å²) in [4.78, 5) is 13.3. The van der Waals surface area contributed by atoms with Gasteiger partial charge >= 0.3 is 6.18 Å². The van der Waals surface area contributed by atoms with E-state index in [1.165, 1.54) is 17.8 Å². The third kappa shape index (κ3) is 3.68. The zero-order chi connectivity index (χ0) is 20.2. The van der Waals surface area contributed by atoms with Crippen LogP contribution in [0.25, 0.3) is 0 Å². The summed E-state index contributed by atoms with van der Waals surface area (Å²) in [5.41, 5.74) is -2.78. The number of benzene rings is 2. The second-order valence-corrected chi connectivity index (χ2v) is 9.58. The van der Waals surface area contributed by atoms with E-state index >= 15 is 0 Å². The van der Waals surface area contributed by atoms with Gasteiger partial charge in [-0.3, -0.25) is 4.79 Å². The van der Waals surface area contributed by atoms with Crippen LogP contribution in [0.5, 0.6) is 0 Å². The summed E-state index contributed by atoms with van der Waals surface area (Å²) in [7, 11) is 0. The zero-order valence-corrected chi connectivity index (χ0v) is 16.3. The Morgan fingerprint density at radius 2 is 1.74 bits per heavy atom. The van der Waals surface area contributed by atoms with E-state index in [4.69, 9.17) is 11.6 Å². The van der Waals surface area contributed by atoms with E-state index in [9.17, 15) is 23.1 Å². The monoisotopic (exact) mass is 415 g/mol. The van der Waals surface area contributed by atoms with Crippen molar-refractivity contribution in [2.75, 3.05) is 5.32 Å². The highest BCUT2D eigenvalue weighted by atomic mass is 35.5. The molecular weight excluding hydrogens is 399 g/mol. The van der Waals surface area contributed by atoms with Crippen LogP contribution in [0.15, 0.2) is 41.3 Å². The predicted octanol–water partition coefficient (Wildman–Crippen LogP) is 5.44. The molecule has 1 aliphatic heterocycles. The number of carbonyl (C=O) groups excluding carboxylic acids is 1. The molecule has 8 heteroatoms. The number of nitrogens with one attached hydrogen (secondary N) is 1. The van der Waals surface area contributed by atoms with Crippen molar-refractivity contribution in [2.45, 2.75) is 42.2 Å². The van der Waals surface area contributed by atoms with Gasteiger partial charge in [0.1, 0.15) is 0 Å². The third-order valence-electron chi connectivity index (χ3n) is 4.06. The molecular formula is C19H17ClF3NO2S. The van der Waals surface area contributed by atoms with Crippen LogP contribution in [0.4, 0.5) is 18.9 Å². The first-order valence-electron chi connectivity index (χ1n) is 8.07. The summed E-state index contributed by atoms with van der Waals surface area (Å²) in [5, 5.41) is 14.0. The minimum Gasteiger partial charge on any atom is -0.372 e. The second-order valence-electron chi connectivity index (χ2n) is 7.28. The SMILES string of the molecule is CC(C)(C)Sc1ccc(Cl)cc1C1(O)C(=O)Nc2cc(C(F)(F)F)ccc21. The number of carbonyl (C=O) groups is 1. The van der Waals surface area contributed by atoms with Gasteiger partial charge in [0.2, 0.25) is 0 Å². The Kier molecular flexibility index (Phi) is 4.77. The number of aliphatic hydroxyl groups is 1. The quantitative estimate of drug-likeness (QED) is 0.642. The molecule has 1 atom stereocenters. The number of hydrogen-bond acceptors (Lipinski definition) is 3. The van der Waals surface area contributed by atoms with E-state index in [2.05, 4.69) is 5.32 Å². The molecule has 1 amide bonds. The molecule has 1 aliphatic rings. The smallest absolute Gasteiger partial charge is 0.372 e. The molecule has 2 aromatic rings. The fourth-order valence-corrected chi connectivity index (χ4v) is 4.23. The molecule has 2 N–H and O–H groups in total. The van der Waals surface area contributed by atoms with Crippen LogP contribution in [0.3, 0.4) is 0 Å². The summed E-state index contributed by atoms with van der Waals surface area (Å²) >= 11 is 7.51.